The third-order valence-corrected chi connectivity index (χ3v) is 2.48. The molecule has 0 aliphatic heterocycles. The average molecular weight is 296 g/mol. The van der Waals surface area contributed by atoms with Crippen LogP contribution >= 0.6 is 0 Å². The molecule has 2 rings (SSSR count). The predicted molar refractivity (Wildman–Crippen MR) is 63.8 cm³/mol. The van der Waals surface area contributed by atoms with Crippen LogP contribution in [-0.4, -0.2) is 30.7 Å². The van der Waals surface area contributed by atoms with Crippen LogP contribution in [0.25, 0.3) is 5.69 Å². The smallest absolute Gasteiger partial charge is 0.363 e. The van der Waals surface area contributed by atoms with Gasteiger partial charge in [0.25, 0.3) is 5.69 Å². The van der Waals surface area contributed by atoms with Crippen LogP contribution in [0.5, 0.6) is 0 Å². The van der Waals surface area contributed by atoms with Gasteiger partial charge in [0.1, 0.15) is 17.7 Å². The molecule has 0 fully saturated rings. The summed E-state index contributed by atoms with van der Waals surface area (Å²) in [5.41, 5.74) is -2.76. The number of benzene rings is 1. The quantitative estimate of drug-likeness (QED) is 0.665. The highest BCUT2D eigenvalue weighted by Gasteiger charge is 2.28. The standard InChI is InChI=1S/C10H5FN4O6/c11-5-1-2-6(14(18)19)7(3-5)13-4-8(15(20)21)9(12-13)10(16)17/h1-4H,(H,16,17). The van der Waals surface area contributed by atoms with E-state index in [-0.39, 0.29) is 0 Å². The number of carbonyl (C=O) groups is 1. The number of nitro benzene ring substituents is 1. The first-order chi connectivity index (χ1) is 9.81. The molecule has 0 amide bonds. The number of hydrogen-bond donors (Lipinski definition) is 1. The third kappa shape index (κ3) is 2.51. The second-order valence-electron chi connectivity index (χ2n) is 3.76. The van der Waals surface area contributed by atoms with Gasteiger partial charge in [-0.3, -0.25) is 20.2 Å². The number of aromatic nitrogens is 2. The zero-order chi connectivity index (χ0) is 15.7. The lowest BCUT2D eigenvalue weighted by Gasteiger charge is -2.02. The maximum atomic E-state index is 13.2. The lowest BCUT2D eigenvalue weighted by atomic mass is 10.2. The van der Waals surface area contributed by atoms with Gasteiger partial charge in [-0.1, -0.05) is 0 Å². The minimum atomic E-state index is -1.68. The van der Waals surface area contributed by atoms with Crippen LogP contribution in [0, 0.1) is 26.0 Å². The zero-order valence-electron chi connectivity index (χ0n) is 9.96. The van der Waals surface area contributed by atoms with Crippen molar-refractivity contribution in [3.8, 4) is 5.69 Å². The molecule has 11 heteroatoms. The number of rotatable bonds is 4. The zero-order valence-corrected chi connectivity index (χ0v) is 9.96. The van der Waals surface area contributed by atoms with Crippen LogP contribution in [0.3, 0.4) is 0 Å². The molecule has 0 radical (unpaired) electrons. The molecule has 0 saturated heterocycles. The lowest BCUT2D eigenvalue weighted by molar-refractivity contribution is -0.385. The molecule has 108 valence electrons. The Morgan fingerprint density at radius 1 is 1.24 bits per heavy atom. The van der Waals surface area contributed by atoms with Gasteiger partial charge >= 0.3 is 11.7 Å². The second-order valence-corrected chi connectivity index (χ2v) is 3.76. The van der Waals surface area contributed by atoms with E-state index in [1.54, 1.807) is 0 Å². The van der Waals surface area contributed by atoms with Crippen molar-refractivity contribution in [1.82, 2.24) is 9.78 Å². The first kappa shape index (κ1) is 14.0. The fourth-order valence-electron chi connectivity index (χ4n) is 1.61. The van der Waals surface area contributed by atoms with E-state index in [1.165, 1.54) is 0 Å². The Hall–Kier alpha value is -3.37. The molecule has 0 saturated carbocycles. The van der Waals surface area contributed by atoms with Crippen LogP contribution in [0.2, 0.25) is 0 Å². The number of nitrogens with zero attached hydrogens (tertiary/aromatic N) is 4. The predicted octanol–water partition coefficient (Wildman–Crippen LogP) is 1.53. The number of aromatic carboxylic acids is 1. The summed E-state index contributed by atoms with van der Waals surface area (Å²) in [7, 11) is 0. The van der Waals surface area contributed by atoms with Crippen LogP contribution in [0.1, 0.15) is 10.5 Å². The Bertz CT molecular complexity index is 739. The van der Waals surface area contributed by atoms with Crippen LogP contribution in [-0.2, 0) is 0 Å². The van der Waals surface area contributed by atoms with Gasteiger partial charge in [-0.2, -0.15) is 5.10 Å². The highest BCUT2D eigenvalue weighted by molar-refractivity contribution is 5.90. The highest BCUT2D eigenvalue weighted by atomic mass is 19.1. The van der Waals surface area contributed by atoms with Crippen molar-refractivity contribution >= 4 is 17.3 Å². The van der Waals surface area contributed by atoms with Crippen molar-refractivity contribution in [3.63, 3.8) is 0 Å². The Morgan fingerprint density at radius 3 is 2.33 bits per heavy atom. The number of carboxylic acid groups (broad SMARTS) is 1. The largest absolute Gasteiger partial charge is 0.476 e. The molecule has 0 atom stereocenters. The number of hydrogen-bond acceptors (Lipinski definition) is 6. The van der Waals surface area contributed by atoms with E-state index in [2.05, 4.69) is 5.10 Å². The maximum Gasteiger partial charge on any atom is 0.363 e. The van der Waals surface area contributed by atoms with E-state index >= 15 is 0 Å². The van der Waals surface area contributed by atoms with Gasteiger partial charge < -0.3 is 5.11 Å². The van der Waals surface area contributed by atoms with Crippen LogP contribution in [0.15, 0.2) is 24.4 Å². The summed E-state index contributed by atoms with van der Waals surface area (Å²) >= 11 is 0. The van der Waals surface area contributed by atoms with Gasteiger partial charge in [0.2, 0.25) is 5.69 Å². The summed E-state index contributed by atoms with van der Waals surface area (Å²) in [6.07, 6.45) is 0.672. The van der Waals surface area contributed by atoms with E-state index < -0.39 is 44.4 Å². The SMILES string of the molecule is O=C(O)c1nn(-c2cc(F)ccc2[N+](=O)[O-])cc1[N+](=O)[O-]. The van der Waals surface area contributed by atoms with E-state index in [0.717, 1.165) is 18.2 Å². The molecule has 21 heavy (non-hydrogen) atoms. The average Bonchev–Trinajstić information content (AvgIpc) is 2.83. The summed E-state index contributed by atoms with van der Waals surface area (Å²) in [6, 6.07) is 2.40. The van der Waals surface area contributed by atoms with Crippen molar-refractivity contribution in [1.29, 1.82) is 0 Å². The number of halogens is 1. The highest BCUT2D eigenvalue weighted by Crippen LogP contribution is 2.26. The third-order valence-electron chi connectivity index (χ3n) is 2.48. The van der Waals surface area contributed by atoms with Crippen molar-refractivity contribution in [2.45, 2.75) is 0 Å². The molecule has 1 aromatic carbocycles. The van der Waals surface area contributed by atoms with Gasteiger partial charge in [-0.05, 0) is 6.07 Å². The molecular formula is C10H5FN4O6. The van der Waals surface area contributed by atoms with Crippen LogP contribution < -0.4 is 0 Å². The van der Waals surface area contributed by atoms with E-state index in [0.29, 0.717) is 10.9 Å². The fourth-order valence-corrected chi connectivity index (χ4v) is 1.61. The molecule has 0 bridgehead atoms. The molecule has 0 aliphatic rings. The van der Waals surface area contributed by atoms with E-state index in [4.69, 9.17) is 5.11 Å². The molecule has 10 nitrogen and oxygen atoms in total. The van der Waals surface area contributed by atoms with Crippen molar-refractivity contribution in [2.75, 3.05) is 0 Å². The lowest BCUT2D eigenvalue weighted by Crippen LogP contribution is -2.04. The first-order valence-corrected chi connectivity index (χ1v) is 5.23. The molecule has 1 N–H and O–H groups in total. The minimum absolute atomic E-state index is 0.421. The van der Waals surface area contributed by atoms with E-state index in [9.17, 15) is 29.4 Å². The molecule has 0 aliphatic carbocycles. The molecule has 0 spiro atoms. The monoisotopic (exact) mass is 296 g/mol. The minimum Gasteiger partial charge on any atom is -0.476 e. The number of carboxylic acids is 1. The molecule has 1 heterocycles. The summed E-state index contributed by atoms with van der Waals surface area (Å²) < 4.78 is 13.8. The summed E-state index contributed by atoms with van der Waals surface area (Å²) in [4.78, 5) is 30.6. The van der Waals surface area contributed by atoms with E-state index in [1.807, 2.05) is 0 Å². The van der Waals surface area contributed by atoms with Crippen molar-refractivity contribution in [2.24, 2.45) is 0 Å². The Kier molecular flexibility index (Phi) is 3.32. The maximum absolute atomic E-state index is 13.2. The van der Waals surface area contributed by atoms with Gasteiger partial charge in [0, 0.05) is 12.1 Å². The Morgan fingerprint density at radius 2 is 1.86 bits per heavy atom. The summed E-state index contributed by atoms with van der Waals surface area (Å²) in [5, 5.41) is 33.8. The molecule has 2 aromatic rings. The van der Waals surface area contributed by atoms with Crippen molar-refractivity contribution in [3.05, 3.63) is 56.1 Å². The second kappa shape index (κ2) is 4.96. The molecule has 1 aromatic heterocycles. The normalized spacial score (nSPS) is 10.3. The topological polar surface area (TPSA) is 141 Å². The number of nitro groups is 2. The molecular weight excluding hydrogens is 291 g/mol. The van der Waals surface area contributed by atoms with Crippen molar-refractivity contribution < 1.29 is 24.1 Å². The molecule has 0 unspecified atom stereocenters. The van der Waals surface area contributed by atoms with Gasteiger partial charge in [0.05, 0.1) is 9.85 Å². The summed E-state index contributed by atoms with van der Waals surface area (Å²) in [6.45, 7) is 0. The van der Waals surface area contributed by atoms with Gasteiger partial charge in [-0.25, -0.2) is 13.9 Å². The van der Waals surface area contributed by atoms with Crippen LogP contribution in [0.4, 0.5) is 15.8 Å². The fraction of sp³-hybridized carbons (Fsp3) is 0. The van der Waals surface area contributed by atoms with Gasteiger partial charge in [-0.15, -0.1) is 0 Å². The Balaban J connectivity index is 2.70. The van der Waals surface area contributed by atoms with Gasteiger partial charge in [0.15, 0.2) is 0 Å². The first-order valence-electron chi connectivity index (χ1n) is 5.23. The summed E-state index contributed by atoms with van der Waals surface area (Å²) in [5.74, 6) is -2.52. The Labute approximate surface area is 114 Å².